The van der Waals surface area contributed by atoms with Crippen molar-refractivity contribution in [1.82, 2.24) is 9.78 Å². The lowest BCUT2D eigenvalue weighted by Crippen LogP contribution is -2.34. The van der Waals surface area contributed by atoms with E-state index in [4.69, 9.17) is 14.6 Å². The van der Waals surface area contributed by atoms with Crippen molar-refractivity contribution in [3.05, 3.63) is 30.0 Å². The fourth-order valence-electron chi connectivity index (χ4n) is 3.21. The third kappa shape index (κ3) is 1.94. The van der Waals surface area contributed by atoms with Crippen LogP contribution in [0.25, 0.3) is 11.3 Å². The number of carboxylic acid groups (broad SMARTS) is 1. The second-order valence-corrected chi connectivity index (χ2v) is 5.83. The smallest absolute Gasteiger partial charge is 0.356 e. The van der Waals surface area contributed by atoms with Crippen LogP contribution in [-0.2, 0) is 7.05 Å². The molecule has 114 valence electrons. The van der Waals surface area contributed by atoms with E-state index in [2.05, 4.69) is 5.10 Å². The van der Waals surface area contributed by atoms with Crippen LogP contribution in [0.4, 0.5) is 0 Å². The van der Waals surface area contributed by atoms with Gasteiger partial charge >= 0.3 is 5.97 Å². The summed E-state index contributed by atoms with van der Waals surface area (Å²) >= 11 is 0. The van der Waals surface area contributed by atoms with Crippen LogP contribution in [0.2, 0.25) is 0 Å². The van der Waals surface area contributed by atoms with Crippen LogP contribution in [-0.4, -0.2) is 26.6 Å². The summed E-state index contributed by atoms with van der Waals surface area (Å²) in [5.74, 6) is -0.0455. The number of ether oxygens (including phenoxy) is 2. The number of aromatic nitrogens is 2. The number of hydrogen-bond acceptors (Lipinski definition) is 4. The van der Waals surface area contributed by atoms with Gasteiger partial charge in [0.25, 0.3) is 5.79 Å². The third-order valence-electron chi connectivity index (χ3n) is 4.30. The van der Waals surface area contributed by atoms with Crippen molar-refractivity contribution >= 4 is 5.97 Å². The first-order chi connectivity index (χ1) is 10.6. The Bertz CT molecular complexity index is 760. The molecule has 2 heterocycles. The highest BCUT2D eigenvalue weighted by atomic mass is 16.7. The van der Waals surface area contributed by atoms with Gasteiger partial charge in [0.15, 0.2) is 17.2 Å². The maximum Gasteiger partial charge on any atom is 0.356 e. The van der Waals surface area contributed by atoms with Crippen molar-refractivity contribution in [1.29, 1.82) is 0 Å². The quantitative estimate of drug-likeness (QED) is 0.923. The molecule has 2 aliphatic rings. The van der Waals surface area contributed by atoms with E-state index in [0.717, 1.165) is 48.4 Å². The molecule has 0 unspecified atom stereocenters. The second-order valence-electron chi connectivity index (χ2n) is 5.83. The van der Waals surface area contributed by atoms with Gasteiger partial charge in [-0.15, -0.1) is 0 Å². The summed E-state index contributed by atoms with van der Waals surface area (Å²) in [5, 5.41) is 13.0. The monoisotopic (exact) mass is 300 g/mol. The molecule has 0 saturated heterocycles. The van der Waals surface area contributed by atoms with Crippen LogP contribution < -0.4 is 9.47 Å². The topological polar surface area (TPSA) is 73.6 Å². The number of aromatic carboxylic acids is 1. The summed E-state index contributed by atoms with van der Waals surface area (Å²) in [6, 6.07) is 7.24. The van der Waals surface area contributed by atoms with Gasteiger partial charge in [-0.25, -0.2) is 4.79 Å². The van der Waals surface area contributed by atoms with E-state index in [1.807, 2.05) is 18.2 Å². The predicted molar refractivity (Wildman–Crippen MR) is 78.1 cm³/mol. The van der Waals surface area contributed by atoms with Crippen LogP contribution >= 0.6 is 0 Å². The van der Waals surface area contributed by atoms with Crippen LogP contribution in [0.1, 0.15) is 36.2 Å². The van der Waals surface area contributed by atoms with E-state index in [9.17, 15) is 4.79 Å². The van der Waals surface area contributed by atoms with Gasteiger partial charge in [0.05, 0.1) is 5.69 Å². The van der Waals surface area contributed by atoms with Gasteiger partial charge in [0.1, 0.15) is 0 Å². The van der Waals surface area contributed by atoms with E-state index in [1.165, 1.54) is 0 Å². The lowest BCUT2D eigenvalue weighted by molar-refractivity contribution is -0.0716. The summed E-state index contributed by atoms with van der Waals surface area (Å²) in [7, 11) is 1.73. The van der Waals surface area contributed by atoms with Crippen molar-refractivity contribution in [2.24, 2.45) is 7.05 Å². The minimum atomic E-state index is -1.03. The molecule has 1 N–H and O–H groups in total. The molecule has 2 aromatic rings. The standard InChI is InChI=1S/C16H16N2O4/c1-18-12(9-11(17-18)15(19)20)10-4-5-13-14(8-10)22-16(21-13)6-2-3-7-16/h4-5,8-9H,2-3,6-7H2,1H3,(H,19,20). The highest BCUT2D eigenvalue weighted by Gasteiger charge is 2.44. The van der Waals surface area contributed by atoms with E-state index < -0.39 is 11.8 Å². The Morgan fingerprint density at radius 2 is 1.95 bits per heavy atom. The molecule has 0 radical (unpaired) electrons. The fourth-order valence-corrected chi connectivity index (χ4v) is 3.21. The van der Waals surface area contributed by atoms with Crippen molar-refractivity contribution < 1.29 is 19.4 Å². The summed E-state index contributed by atoms with van der Waals surface area (Å²) in [6.07, 6.45) is 4.05. The lowest BCUT2D eigenvalue weighted by Gasteiger charge is -2.21. The zero-order chi connectivity index (χ0) is 15.3. The first kappa shape index (κ1) is 13.2. The summed E-state index contributed by atoms with van der Waals surface area (Å²) < 4.78 is 13.6. The second kappa shape index (κ2) is 4.50. The average molecular weight is 300 g/mol. The van der Waals surface area contributed by atoms with Crippen LogP contribution in [0.3, 0.4) is 0 Å². The molecule has 1 aromatic carbocycles. The maximum absolute atomic E-state index is 11.0. The highest BCUT2D eigenvalue weighted by Crippen LogP contribution is 2.47. The molecular weight excluding hydrogens is 284 g/mol. The molecule has 1 saturated carbocycles. The van der Waals surface area contributed by atoms with Crippen molar-refractivity contribution in [2.75, 3.05) is 0 Å². The number of hydrogen-bond donors (Lipinski definition) is 1. The van der Waals surface area contributed by atoms with Gasteiger partial charge < -0.3 is 14.6 Å². The van der Waals surface area contributed by atoms with Crippen LogP contribution in [0.5, 0.6) is 11.5 Å². The number of fused-ring (bicyclic) bond motifs is 1. The lowest BCUT2D eigenvalue weighted by atomic mass is 10.1. The molecule has 6 nitrogen and oxygen atoms in total. The zero-order valence-electron chi connectivity index (χ0n) is 12.2. The minimum absolute atomic E-state index is 0.0300. The van der Waals surface area contributed by atoms with Gasteiger partial charge in [-0.3, -0.25) is 4.68 Å². The first-order valence-electron chi connectivity index (χ1n) is 7.36. The SMILES string of the molecule is Cn1nc(C(=O)O)cc1-c1ccc2c(c1)OC1(CCCC1)O2. The Kier molecular flexibility index (Phi) is 2.69. The molecule has 1 spiro atoms. The van der Waals surface area contributed by atoms with Gasteiger partial charge in [-0.05, 0) is 37.1 Å². The largest absolute Gasteiger partial charge is 0.476 e. The molecule has 22 heavy (non-hydrogen) atoms. The molecule has 1 fully saturated rings. The van der Waals surface area contributed by atoms with Gasteiger partial charge in [0.2, 0.25) is 0 Å². The van der Waals surface area contributed by atoms with E-state index >= 15 is 0 Å². The number of benzene rings is 1. The number of carboxylic acids is 1. The summed E-state index contributed by atoms with van der Waals surface area (Å²) in [4.78, 5) is 11.0. The molecule has 0 amide bonds. The van der Waals surface area contributed by atoms with Gasteiger partial charge in [0, 0.05) is 25.5 Å². The number of nitrogens with zero attached hydrogens (tertiary/aromatic N) is 2. The molecule has 4 rings (SSSR count). The molecule has 1 aliphatic carbocycles. The van der Waals surface area contributed by atoms with E-state index in [-0.39, 0.29) is 5.69 Å². The Morgan fingerprint density at radius 1 is 1.23 bits per heavy atom. The number of aryl methyl sites for hydroxylation is 1. The normalized spacial score (nSPS) is 18.0. The molecule has 6 heteroatoms. The van der Waals surface area contributed by atoms with Crippen molar-refractivity contribution in [3.8, 4) is 22.8 Å². The molecule has 1 aliphatic heterocycles. The van der Waals surface area contributed by atoms with Crippen LogP contribution in [0.15, 0.2) is 24.3 Å². The minimum Gasteiger partial charge on any atom is -0.476 e. The van der Waals surface area contributed by atoms with E-state index in [1.54, 1.807) is 17.8 Å². The number of carbonyl (C=O) groups is 1. The van der Waals surface area contributed by atoms with Crippen molar-refractivity contribution in [3.63, 3.8) is 0 Å². The fraction of sp³-hybridized carbons (Fsp3) is 0.375. The van der Waals surface area contributed by atoms with Crippen molar-refractivity contribution in [2.45, 2.75) is 31.5 Å². The zero-order valence-corrected chi connectivity index (χ0v) is 12.2. The Morgan fingerprint density at radius 3 is 2.64 bits per heavy atom. The first-order valence-corrected chi connectivity index (χ1v) is 7.36. The summed E-state index contributed by atoms with van der Waals surface area (Å²) in [6.45, 7) is 0. The Hall–Kier alpha value is -2.50. The molecule has 0 bridgehead atoms. The third-order valence-corrected chi connectivity index (χ3v) is 4.30. The van der Waals surface area contributed by atoms with Gasteiger partial charge in [-0.1, -0.05) is 0 Å². The maximum atomic E-state index is 11.0. The Labute approximate surface area is 127 Å². The number of rotatable bonds is 2. The molecular formula is C16H16N2O4. The summed E-state index contributed by atoms with van der Waals surface area (Å²) in [5.41, 5.74) is 1.62. The molecule has 0 atom stereocenters. The molecule has 1 aromatic heterocycles. The van der Waals surface area contributed by atoms with E-state index in [0.29, 0.717) is 0 Å². The average Bonchev–Trinajstić information content (AvgIpc) is 3.17. The van der Waals surface area contributed by atoms with Crippen LogP contribution in [0, 0.1) is 0 Å². The van der Waals surface area contributed by atoms with Gasteiger partial charge in [-0.2, -0.15) is 5.10 Å². The Balaban J connectivity index is 1.70. The highest BCUT2D eigenvalue weighted by molar-refractivity contribution is 5.87. The predicted octanol–water partition coefficient (Wildman–Crippen LogP) is 2.83.